The molecule has 0 radical (unpaired) electrons. The molecule has 80 valence electrons. The lowest BCUT2D eigenvalue weighted by Gasteiger charge is -2.09. The van der Waals surface area contributed by atoms with Crippen molar-refractivity contribution >= 4 is 24.4 Å². The Morgan fingerprint density at radius 3 is 2.60 bits per heavy atom. The molecule has 2 aromatic rings. The predicted molar refractivity (Wildman–Crippen MR) is 71.0 cm³/mol. The van der Waals surface area contributed by atoms with Gasteiger partial charge in [0.15, 0.2) is 0 Å². The van der Waals surface area contributed by atoms with Gasteiger partial charge in [-0.3, -0.25) is 4.98 Å². The Labute approximate surface area is 98.0 Å². The van der Waals surface area contributed by atoms with Crippen molar-refractivity contribution in [2.24, 2.45) is 0 Å². The van der Waals surface area contributed by atoms with Crippen LogP contribution in [0.25, 0.3) is 10.9 Å². The van der Waals surface area contributed by atoms with Crippen LogP contribution in [0.4, 0.5) is 0 Å². The Bertz CT molecular complexity index is 463. The molecule has 0 amide bonds. The Hall–Kier alpha value is -1.02. The van der Waals surface area contributed by atoms with Crippen molar-refractivity contribution in [1.29, 1.82) is 0 Å². The third-order valence-electron chi connectivity index (χ3n) is 2.52. The Kier molecular flexibility index (Phi) is 3.75. The maximum absolute atomic E-state index is 4.42. The van der Waals surface area contributed by atoms with Gasteiger partial charge in [0.25, 0.3) is 0 Å². The maximum atomic E-state index is 4.42. The van der Waals surface area contributed by atoms with Crippen molar-refractivity contribution in [3.05, 3.63) is 41.6 Å². The molecule has 0 saturated heterocycles. The van der Waals surface area contributed by atoms with E-state index < -0.39 is 0 Å². The zero-order valence-corrected chi connectivity index (χ0v) is 10.4. The van der Waals surface area contributed by atoms with E-state index in [1.807, 2.05) is 6.20 Å². The second-order valence-electron chi connectivity index (χ2n) is 4.08. The van der Waals surface area contributed by atoms with Gasteiger partial charge in [-0.25, -0.2) is 0 Å². The number of hydrogen-bond donors (Lipinski definition) is 0. The van der Waals surface area contributed by atoms with E-state index in [0.29, 0.717) is 5.92 Å². The minimum Gasteiger partial charge on any atom is -0.256 e. The topological polar surface area (TPSA) is 12.9 Å². The zero-order chi connectivity index (χ0) is 10.1. The highest BCUT2D eigenvalue weighted by Crippen LogP contribution is 2.24. The molecule has 0 bridgehead atoms. The average molecular weight is 219 g/mol. The summed E-state index contributed by atoms with van der Waals surface area (Å²) >= 11 is 0. The molecular weight excluding hydrogens is 202 g/mol. The summed E-state index contributed by atoms with van der Waals surface area (Å²) in [5.74, 6) is 0.558. The molecule has 1 aromatic heterocycles. The monoisotopic (exact) mass is 219 g/mol. The second kappa shape index (κ2) is 4.67. The van der Waals surface area contributed by atoms with E-state index in [9.17, 15) is 0 Å². The molecule has 0 spiro atoms. The van der Waals surface area contributed by atoms with Crippen molar-refractivity contribution < 1.29 is 0 Å². The lowest BCUT2D eigenvalue weighted by atomic mass is 9.98. The first-order valence-corrected chi connectivity index (χ1v) is 5.04. The van der Waals surface area contributed by atoms with E-state index in [1.54, 1.807) is 0 Å². The van der Waals surface area contributed by atoms with E-state index in [0.717, 1.165) is 5.52 Å². The first kappa shape index (κ1) is 12.1. The number of pyridine rings is 1. The fraction of sp³-hybridized carbons (Fsp3) is 0.308. The predicted octanol–water partition coefficient (Wildman–Crippen LogP) is 3.78. The molecular formula is C13H17NS. The Morgan fingerprint density at radius 1 is 1.20 bits per heavy atom. The van der Waals surface area contributed by atoms with Gasteiger partial charge in [0, 0.05) is 11.6 Å². The van der Waals surface area contributed by atoms with E-state index in [2.05, 4.69) is 50.0 Å². The van der Waals surface area contributed by atoms with Crippen LogP contribution in [0.5, 0.6) is 0 Å². The molecule has 0 atom stereocenters. The van der Waals surface area contributed by atoms with Crippen LogP contribution in [0, 0.1) is 6.92 Å². The fourth-order valence-corrected chi connectivity index (χ4v) is 1.78. The van der Waals surface area contributed by atoms with Crippen molar-refractivity contribution in [3.63, 3.8) is 0 Å². The van der Waals surface area contributed by atoms with E-state index >= 15 is 0 Å². The van der Waals surface area contributed by atoms with Crippen LogP contribution in [-0.2, 0) is 0 Å². The summed E-state index contributed by atoms with van der Waals surface area (Å²) in [5.41, 5.74) is 3.71. The van der Waals surface area contributed by atoms with Crippen molar-refractivity contribution in [1.82, 2.24) is 4.98 Å². The molecule has 0 aliphatic carbocycles. The lowest BCUT2D eigenvalue weighted by Crippen LogP contribution is -1.91. The molecule has 0 fully saturated rings. The highest BCUT2D eigenvalue weighted by atomic mass is 32.1. The molecule has 1 heterocycles. The Balaban J connectivity index is 0.00000112. The van der Waals surface area contributed by atoms with Crippen molar-refractivity contribution in [2.45, 2.75) is 26.7 Å². The first-order chi connectivity index (χ1) is 6.68. The smallest absolute Gasteiger partial charge is 0.0705 e. The summed E-state index contributed by atoms with van der Waals surface area (Å²) in [6.45, 7) is 6.53. The number of hydrogen-bond acceptors (Lipinski definition) is 1. The number of benzene rings is 1. The quantitative estimate of drug-likeness (QED) is 0.711. The van der Waals surface area contributed by atoms with Gasteiger partial charge in [0.2, 0.25) is 0 Å². The van der Waals surface area contributed by atoms with Gasteiger partial charge < -0.3 is 0 Å². The summed E-state index contributed by atoms with van der Waals surface area (Å²) in [6, 6.07) is 8.56. The zero-order valence-electron chi connectivity index (χ0n) is 9.41. The molecule has 2 heteroatoms. The molecule has 0 aliphatic heterocycles. The van der Waals surface area contributed by atoms with E-state index in [-0.39, 0.29) is 13.5 Å². The number of nitrogens with zero attached hydrogens (tertiary/aromatic N) is 1. The van der Waals surface area contributed by atoms with Crippen LogP contribution in [0.15, 0.2) is 30.5 Å². The number of rotatable bonds is 1. The van der Waals surface area contributed by atoms with Crippen LogP contribution in [0.3, 0.4) is 0 Å². The molecule has 15 heavy (non-hydrogen) atoms. The van der Waals surface area contributed by atoms with Gasteiger partial charge >= 0.3 is 0 Å². The van der Waals surface area contributed by atoms with Crippen molar-refractivity contribution in [3.8, 4) is 0 Å². The molecule has 0 aliphatic rings. The summed E-state index contributed by atoms with van der Waals surface area (Å²) in [6.07, 6.45) is 1.92. The largest absolute Gasteiger partial charge is 0.256 e. The van der Waals surface area contributed by atoms with E-state index in [4.69, 9.17) is 0 Å². The standard InChI is InChI=1S/C13H15N.H2S/c1-9(2)11-5-4-6-13-12(11)7-10(3)8-14-13;/h4-9H,1-3H3;1H2. The van der Waals surface area contributed by atoms with E-state index in [1.165, 1.54) is 16.5 Å². The second-order valence-corrected chi connectivity index (χ2v) is 4.08. The summed E-state index contributed by atoms with van der Waals surface area (Å²) < 4.78 is 0. The lowest BCUT2D eigenvalue weighted by molar-refractivity contribution is 0.876. The summed E-state index contributed by atoms with van der Waals surface area (Å²) in [4.78, 5) is 4.42. The number of aromatic nitrogens is 1. The van der Waals surface area contributed by atoms with Crippen LogP contribution < -0.4 is 0 Å². The molecule has 1 nitrogen and oxygen atoms in total. The van der Waals surface area contributed by atoms with Gasteiger partial charge in [-0.05, 0) is 36.1 Å². The summed E-state index contributed by atoms with van der Waals surface area (Å²) in [7, 11) is 0. The van der Waals surface area contributed by atoms with Gasteiger partial charge in [-0.15, -0.1) is 0 Å². The third kappa shape index (κ3) is 2.32. The van der Waals surface area contributed by atoms with Crippen LogP contribution in [0.2, 0.25) is 0 Å². The molecule has 0 unspecified atom stereocenters. The number of aryl methyl sites for hydroxylation is 1. The van der Waals surface area contributed by atoms with Crippen LogP contribution in [-0.4, -0.2) is 4.98 Å². The van der Waals surface area contributed by atoms with Gasteiger partial charge in [-0.1, -0.05) is 26.0 Å². The highest BCUT2D eigenvalue weighted by Gasteiger charge is 2.04. The SMILES string of the molecule is Cc1cnc2cccc(C(C)C)c2c1.S. The fourth-order valence-electron chi connectivity index (χ4n) is 1.78. The van der Waals surface area contributed by atoms with Crippen molar-refractivity contribution in [2.75, 3.05) is 0 Å². The third-order valence-corrected chi connectivity index (χ3v) is 2.52. The number of fused-ring (bicyclic) bond motifs is 1. The van der Waals surface area contributed by atoms with Gasteiger partial charge in [0.1, 0.15) is 0 Å². The van der Waals surface area contributed by atoms with Crippen LogP contribution >= 0.6 is 13.5 Å². The average Bonchev–Trinajstić information content (AvgIpc) is 2.16. The van der Waals surface area contributed by atoms with Gasteiger partial charge in [-0.2, -0.15) is 13.5 Å². The molecule has 0 N–H and O–H groups in total. The minimum absolute atomic E-state index is 0. The first-order valence-electron chi connectivity index (χ1n) is 5.04. The molecule has 2 rings (SSSR count). The molecule has 0 saturated carbocycles. The normalized spacial score (nSPS) is 10.4. The minimum atomic E-state index is 0. The van der Waals surface area contributed by atoms with Crippen LogP contribution in [0.1, 0.15) is 30.9 Å². The maximum Gasteiger partial charge on any atom is 0.0705 e. The molecule has 1 aromatic carbocycles. The Morgan fingerprint density at radius 2 is 1.93 bits per heavy atom. The summed E-state index contributed by atoms with van der Waals surface area (Å²) in [5, 5.41) is 1.29. The van der Waals surface area contributed by atoms with Gasteiger partial charge in [0.05, 0.1) is 5.52 Å². The highest BCUT2D eigenvalue weighted by molar-refractivity contribution is 7.59.